The summed E-state index contributed by atoms with van der Waals surface area (Å²) in [6.45, 7) is -0.466. The largest absolute Gasteiger partial charge is 0.493 e. The number of aliphatic carboxylic acids is 1. The first-order valence-corrected chi connectivity index (χ1v) is 10.2. The zero-order chi connectivity index (χ0) is 20.6. The van der Waals surface area contributed by atoms with Gasteiger partial charge in [-0.15, -0.1) is 11.3 Å². The van der Waals surface area contributed by atoms with Crippen molar-refractivity contribution in [1.29, 1.82) is 0 Å². The fourth-order valence-electron chi connectivity index (χ4n) is 2.27. The van der Waals surface area contributed by atoms with Gasteiger partial charge in [-0.05, 0) is 35.9 Å². The molecule has 0 atom stereocenters. The Morgan fingerprint density at radius 3 is 2.86 bits per heavy atom. The van der Waals surface area contributed by atoms with Gasteiger partial charge in [0.1, 0.15) is 0 Å². The number of amides is 1. The Morgan fingerprint density at radius 2 is 2.10 bits per heavy atom. The van der Waals surface area contributed by atoms with Crippen molar-refractivity contribution in [2.45, 2.75) is 4.34 Å². The number of hydrogen-bond acceptors (Lipinski definition) is 8. The fourth-order valence-corrected chi connectivity index (χ4v) is 4.14. The highest BCUT2D eigenvalue weighted by atomic mass is 32.2. The van der Waals surface area contributed by atoms with Crippen LogP contribution >= 0.6 is 23.1 Å². The molecule has 1 amide bonds. The van der Waals surface area contributed by atoms with E-state index in [9.17, 15) is 9.59 Å². The quantitative estimate of drug-likeness (QED) is 0.304. The number of carbonyl (C=O) groups excluding carboxylic acids is 1. The molecule has 0 bridgehead atoms. The van der Waals surface area contributed by atoms with Gasteiger partial charge in [0, 0.05) is 0 Å². The molecular weight excluding hydrogens is 414 g/mol. The van der Waals surface area contributed by atoms with Crippen molar-refractivity contribution in [1.82, 2.24) is 10.4 Å². The maximum atomic E-state index is 12.0. The summed E-state index contributed by atoms with van der Waals surface area (Å²) < 4.78 is 12.2. The zero-order valence-corrected chi connectivity index (χ0v) is 17.0. The van der Waals surface area contributed by atoms with Crippen LogP contribution in [0.1, 0.15) is 5.56 Å². The van der Waals surface area contributed by atoms with Crippen LogP contribution in [0.4, 0.5) is 0 Å². The lowest BCUT2D eigenvalue weighted by Gasteiger charge is -2.09. The van der Waals surface area contributed by atoms with E-state index in [1.165, 1.54) is 25.1 Å². The molecule has 10 heteroatoms. The van der Waals surface area contributed by atoms with Gasteiger partial charge in [-0.1, -0.05) is 23.9 Å². The van der Waals surface area contributed by atoms with Crippen molar-refractivity contribution in [3.05, 3.63) is 48.0 Å². The van der Waals surface area contributed by atoms with Crippen molar-refractivity contribution >= 4 is 51.4 Å². The topological polar surface area (TPSA) is 110 Å². The minimum Gasteiger partial charge on any atom is -0.493 e. The van der Waals surface area contributed by atoms with Crippen LogP contribution in [0.3, 0.4) is 0 Å². The summed E-state index contributed by atoms with van der Waals surface area (Å²) in [5.74, 6) is -0.457. The molecule has 29 heavy (non-hydrogen) atoms. The average Bonchev–Trinajstić information content (AvgIpc) is 3.14. The van der Waals surface area contributed by atoms with E-state index in [2.05, 4.69) is 15.5 Å². The number of carboxylic acids is 1. The van der Waals surface area contributed by atoms with E-state index in [4.69, 9.17) is 14.6 Å². The Labute approximate surface area is 174 Å². The minimum absolute atomic E-state index is 0.197. The third kappa shape index (κ3) is 5.93. The number of nitrogens with one attached hydrogen (secondary N) is 1. The highest BCUT2D eigenvalue weighted by Crippen LogP contribution is 2.29. The zero-order valence-electron chi connectivity index (χ0n) is 15.3. The van der Waals surface area contributed by atoms with Gasteiger partial charge >= 0.3 is 5.97 Å². The van der Waals surface area contributed by atoms with Crippen molar-refractivity contribution < 1.29 is 24.2 Å². The third-order valence-electron chi connectivity index (χ3n) is 3.54. The van der Waals surface area contributed by atoms with Crippen LogP contribution in [0.2, 0.25) is 0 Å². The van der Waals surface area contributed by atoms with Gasteiger partial charge in [0.15, 0.2) is 22.4 Å². The highest BCUT2D eigenvalue weighted by Gasteiger charge is 2.08. The standard InChI is InChI=1S/C19H17N3O5S2/c1-26-15-8-12(6-7-14(15)27-10-18(24)25)9-20-22-17(23)11-28-19-21-13-4-2-3-5-16(13)29-19/h2-9H,10-11H2,1H3,(H,22,23)(H,24,25)/b20-9+. The number of rotatable bonds is 9. The van der Waals surface area contributed by atoms with Crippen LogP contribution in [-0.2, 0) is 9.59 Å². The molecule has 0 unspecified atom stereocenters. The normalized spacial score (nSPS) is 10.9. The van der Waals surface area contributed by atoms with E-state index in [0.717, 1.165) is 14.6 Å². The first kappa shape index (κ1) is 20.6. The molecule has 8 nitrogen and oxygen atoms in total. The van der Waals surface area contributed by atoms with Crippen LogP contribution in [0.5, 0.6) is 11.5 Å². The van der Waals surface area contributed by atoms with Crippen molar-refractivity contribution in [2.75, 3.05) is 19.5 Å². The molecule has 1 heterocycles. The Balaban J connectivity index is 1.51. The second-order valence-corrected chi connectivity index (χ2v) is 7.88. The average molecular weight is 431 g/mol. The lowest BCUT2D eigenvalue weighted by atomic mass is 10.2. The van der Waals surface area contributed by atoms with E-state index < -0.39 is 12.6 Å². The number of para-hydroxylation sites is 1. The first-order chi connectivity index (χ1) is 14.0. The molecule has 0 saturated carbocycles. The van der Waals surface area contributed by atoms with E-state index in [0.29, 0.717) is 17.1 Å². The predicted molar refractivity (Wildman–Crippen MR) is 112 cm³/mol. The summed E-state index contributed by atoms with van der Waals surface area (Å²) in [6.07, 6.45) is 1.46. The highest BCUT2D eigenvalue weighted by molar-refractivity contribution is 8.01. The van der Waals surface area contributed by atoms with E-state index in [1.54, 1.807) is 29.5 Å². The van der Waals surface area contributed by atoms with Gasteiger partial charge in [-0.25, -0.2) is 15.2 Å². The molecule has 0 spiro atoms. The summed E-state index contributed by atoms with van der Waals surface area (Å²) in [6, 6.07) is 12.7. The van der Waals surface area contributed by atoms with Crippen LogP contribution in [0.15, 0.2) is 51.9 Å². The monoisotopic (exact) mass is 431 g/mol. The molecule has 2 N–H and O–H groups in total. The molecule has 0 aliphatic heterocycles. The lowest BCUT2D eigenvalue weighted by Crippen LogP contribution is -2.19. The molecule has 0 radical (unpaired) electrons. The van der Waals surface area contributed by atoms with E-state index in [-0.39, 0.29) is 11.7 Å². The van der Waals surface area contributed by atoms with Gasteiger partial charge in [-0.3, -0.25) is 4.79 Å². The molecule has 2 aromatic carbocycles. The van der Waals surface area contributed by atoms with Crippen molar-refractivity contribution in [2.24, 2.45) is 5.10 Å². The summed E-state index contributed by atoms with van der Waals surface area (Å²) in [5, 5.41) is 12.6. The van der Waals surface area contributed by atoms with Gasteiger partial charge in [-0.2, -0.15) is 5.10 Å². The van der Waals surface area contributed by atoms with Crippen LogP contribution in [0.25, 0.3) is 10.2 Å². The number of nitrogens with zero attached hydrogens (tertiary/aromatic N) is 2. The Bertz CT molecular complexity index is 1020. The predicted octanol–water partition coefficient (Wildman–Crippen LogP) is 3.01. The maximum absolute atomic E-state index is 12.0. The van der Waals surface area contributed by atoms with Crippen LogP contribution in [0, 0.1) is 0 Å². The van der Waals surface area contributed by atoms with Gasteiger partial charge in [0.25, 0.3) is 5.91 Å². The molecule has 1 aromatic heterocycles. The molecule has 0 fully saturated rings. The van der Waals surface area contributed by atoms with Gasteiger partial charge in [0.2, 0.25) is 0 Å². The second-order valence-electron chi connectivity index (χ2n) is 5.62. The van der Waals surface area contributed by atoms with Gasteiger partial charge < -0.3 is 14.6 Å². The molecule has 3 rings (SSSR count). The Hall–Kier alpha value is -3.11. The number of hydrazone groups is 1. The number of aromatic nitrogens is 1. The maximum Gasteiger partial charge on any atom is 0.341 e. The number of methoxy groups -OCH3 is 1. The van der Waals surface area contributed by atoms with E-state index >= 15 is 0 Å². The van der Waals surface area contributed by atoms with Crippen molar-refractivity contribution in [3.63, 3.8) is 0 Å². The van der Waals surface area contributed by atoms with Crippen LogP contribution in [-0.4, -0.2) is 47.7 Å². The SMILES string of the molecule is COc1cc(/C=N/NC(=O)CSc2nc3ccccc3s2)ccc1OCC(=O)O. The lowest BCUT2D eigenvalue weighted by molar-refractivity contribution is -0.139. The number of thioether (sulfide) groups is 1. The van der Waals surface area contributed by atoms with Crippen molar-refractivity contribution in [3.8, 4) is 11.5 Å². The minimum atomic E-state index is -1.08. The van der Waals surface area contributed by atoms with Crippen LogP contribution < -0.4 is 14.9 Å². The molecule has 0 aliphatic rings. The number of carboxylic acid groups (broad SMARTS) is 1. The summed E-state index contributed by atoms with van der Waals surface area (Å²) in [7, 11) is 1.45. The summed E-state index contributed by atoms with van der Waals surface area (Å²) in [5.41, 5.74) is 4.04. The number of fused-ring (bicyclic) bond motifs is 1. The number of hydrogen-bond donors (Lipinski definition) is 2. The second kappa shape index (κ2) is 9.89. The fraction of sp³-hybridized carbons (Fsp3) is 0.158. The number of benzene rings is 2. The Kier molecular flexibility index (Phi) is 7.04. The molecule has 0 saturated heterocycles. The Morgan fingerprint density at radius 1 is 1.28 bits per heavy atom. The third-order valence-corrected chi connectivity index (χ3v) is 5.72. The molecule has 0 aliphatic carbocycles. The molecular formula is C19H17N3O5S2. The smallest absolute Gasteiger partial charge is 0.341 e. The number of carbonyl (C=O) groups is 2. The van der Waals surface area contributed by atoms with Gasteiger partial charge in [0.05, 0.1) is 29.3 Å². The molecule has 150 valence electrons. The molecule has 3 aromatic rings. The van der Waals surface area contributed by atoms with E-state index in [1.807, 2.05) is 24.3 Å². The summed E-state index contributed by atoms with van der Waals surface area (Å²) in [4.78, 5) is 27.0. The number of ether oxygens (including phenoxy) is 2. The number of thiazole rings is 1. The summed E-state index contributed by atoms with van der Waals surface area (Å²) >= 11 is 2.90. The first-order valence-electron chi connectivity index (χ1n) is 8.38.